The van der Waals surface area contributed by atoms with Crippen molar-refractivity contribution in [3.63, 3.8) is 0 Å². The van der Waals surface area contributed by atoms with Gasteiger partial charge in [0.1, 0.15) is 5.75 Å². The molecule has 1 aromatic carbocycles. The summed E-state index contributed by atoms with van der Waals surface area (Å²) < 4.78 is 10.6. The zero-order chi connectivity index (χ0) is 15.7. The van der Waals surface area contributed by atoms with Crippen molar-refractivity contribution in [2.75, 3.05) is 13.2 Å². The van der Waals surface area contributed by atoms with Crippen LogP contribution in [0.5, 0.6) is 5.75 Å². The molecule has 1 aromatic rings. The zero-order valence-electron chi connectivity index (χ0n) is 12.9. The maximum atomic E-state index is 11.5. The third-order valence-corrected chi connectivity index (χ3v) is 3.06. The van der Waals surface area contributed by atoms with Crippen LogP contribution in [-0.4, -0.2) is 25.2 Å². The predicted octanol–water partition coefficient (Wildman–Crippen LogP) is 3.56. The summed E-state index contributed by atoms with van der Waals surface area (Å²) in [5.41, 5.74) is 0.928. The lowest BCUT2D eigenvalue weighted by Gasteiger charge is -2.14. The van der Waals surface area contributed by atoms with Crippen molar-refractivity contribution in [1.82, 2.24) is 5.32 Å². The lowest BCUT2D eigenvalue weighted by molar-refractivity contribution is -0.146. The van der Waals surface area contributed by atoms with E-state index in [9.17, 15) is 4.79 Å². The fourth-order valence-electron chi connectivity index (χ4n) is 1.65. The van der Waals surface area contributed by atoms with E-state index < -0.39 is 0 Å². The van der Waals surface area contributed by atoms with Crippen molar-refractivity contribution in [1.29, 1.82) is 0 Å². The summed E-state index contributed by atoms with van der Waals surface area (Å²) in [7, 11) is 0. The Morgan fingerprint density at radius 2 is 2.14 bits per heavy atom. The monoisotopic (exact) mass is 313 g/mol. The minimum atomic E-state index is -0.346. The number of unbranched alkanes of at least 4 members (excludes halogenated alkanes) is 1. The smallest absolute Gasteiger partial charge is 0.344 e. The van der Waals surface area contributed by atoms with Crippen LogP contribution in [0.2, 0.25) is 5.02 Å². The zero-order valence-corrected chi connectivity index (χ0v) is 13.7. The first-order valence-electron chi connectivity index (χ1n) is 7.33. The summed E-state index contributed by atoms with van der Waals surface area (Å²) in [6.07, 6.45) is 1.87. The Morgan fingerprint density at radius 1 is 1.38 bits per heavy atom. The Kier molecular flexibility index (Phi) is 8.16. The number of nitrogens with one attached hydrogen (secondary N) is 1. The molecule has 0 saturated heterocycles. The molecular weight excluding hydrogens is 290 g/mol. The lowest BCUT2D eigenvalue weighted by atomic mass is 10.2. The number of hydrogen-bond donors (Lipinski definition) is 1. The highest BCUT2D eigenvalue weighted by Crippen LogP contribution is 2.23. The first-order chi connectivity index (χ1) is 10.0. The van der Waals surface area contributed by atoms with E-state index in [0.717, 1.165) is 18.4 Å². The number of rotatable bonds is 9. The standard InChI is InChI=1S/C16H24ClNO3/c1-4-5-8-20-16(19)11-21-15-7-6-14(17)9-13(15)10-18-12(2)3/h6-7,9,12,18H,4-5,8,10-11H2,1-3H3. The van der Waals surface area contributed by atoms with Gasteiger partial charge >= 0.3 is 5.97 Å². The molecule has 0 saturated carbocycles. The molecule has 0 heterocycles. The second kappa shape index (κ2) is 9.64. The summed E-state index contributed by atoms with van der Waals surface area (Å²) in [6.45, 7) is 7.18. The van der Waals surface area contributed by atoms with Gasteiger partial charge in [0.2, 0.25) is 0 Å². The van der Waals surface area contributed by atoms with Gasteiger partial charge in [-0.05, 0) is 24.6 Å². The molecule has 4 nitrogen and oxygen atoms in total. The number of benzene rings is 1. The first-order valence-corrected chi connectivity index (χ1v) is 7.71. The van der Waals surface area contributed by atoms with Crippen molar-refractivity contribution in [3.05, 3.63) is 28.8 Å². The van der Waals surface area contributed by atoms with Gasteiger partial charge in [0, 0.05) is 23.2 Å². The summed E-state index contributed by atoms with van der Waals surface area (Å²) in [6, 6.07) is 5.72. The first kappa shape index (κ1) is 17.8. The van der Waals surface area contributed by atoms with Crippen LogP contribution >= 0.6 is 11.6 Å². The van der Waals surface area contributed by atoms with Gasteiger partial charge < -0.3 is 14.8 Å². The van der Waals surface area contributed by atoms with E-state index in [1.54, 1.807) is 12.1 Å². The Labute approximate surface area is 131 Å². The van der Waals surface area contributed by atoms with Crippen LogP contribution in [-0.2, 0) is 16.1 Å². The molecule has 0 spiro atoms. The molecule has 0 aliphatic carbocycles. The number of halogens is 1. The van der Waals surface area contributed by atoms with Crippen LogP contribution in [0.4, 0.5) is 0 Å². The number of carbonyl (C=O) groups excluding carboxylic acids is 1. The topological polar surface area (TPSA) is 47.6 Å². The molecule has 1 N–H and O–H groups in total. The van der Waals surface area contributed by atoms with Crippen molar-refractivity contribution in [2.45, 2.75) is 46.2 Å². The lowest BCUT2D eigenvalue weighted by Crippen LogP contribution is -2.22. The van der Waals surface area contributed by atoms with Gasteiger partial charge in [-0.15, -0.1) is 0 Å². The van der Waals surface area contributed by atoms with Crippen LogP contribution in [0.1, 0.15) is 39.2 Å². The fraction of sp³-hybridized carbons (Fsp3) is 0.562. The molecule has 0 unspecified atom stereocenters. The number of hydrogen-bond acceptors (Lipinski definition) is 4. The second-order valence-electron chi connectivity index (χ2n) is 5.15. The highest BCUT2D eigenvalue weighted by molar-refractivity contribution is 6.30. The van der Waals surface area contributed by atoms with E-state index in [2.05, 4.69) is 19.2 Å². The van der Waals surface area contributed by atoms with Gasteiger partial charge in [-0.2, -0.15) is 0 Å². The summed E-state index contributed by atoms with van der Waals surface area (Å²) in [5, 5.41) is 3.95. The van der Waals surface area contributed by atoms with E-state index in [-0.39, 0.29) is 12.6 Å². The average Bonchev–Trinajstić information content (AvgIpc) is 2.44. The number of carbonyl (C=O) groups is 1. The normalized spacial score (nSPS) is 10.7. The highest BCUT2D eigenvalue weighted by Gasteiger charge is 2.09. The third kappa shape index (κ3) is 7.34. The SMILES string of the molecule is CCCCOC(=O)COc1ccc(Cl)cc1CNC(C)C. The van der Waals surface area contributed by atoms with Gasteiger partial charge in [0.15, 0.2) is 6.61 Å². The van der Waals surface area contributed by atoms with Crippen LogP contribution in [0.25, 0.3) is 0 Å². The molecular formula is C16H24ClNO3. The number of esters is 1. The van der Waals surface area contributed by atoms with Crippen molar-refractivity contribution in [3.8, 4) is 5.75 Å². The highest BCUT2D eigenvalue weighted by atomic mass is 35.5. The van der Waals surface area contributed by atoms with Gasteiger partial charge in [-0.1, -0.05) is 38.8 Å². The maximum Gasteiger partial charge on any atom is 0.344 e. The van der Waals surface area contributed by atoms with Gasteiger partial charge in [0.25, 0.3) is 0 Å². The molecule has 21 heavy (non-hydrogen) atoms. The molecule has 0 fully saturated rings. The minimum Gasteiger partial charge on any atom is -0.482 e. The van der Waals surface area contributed by atoms with E-state index in [4.69, 9.17) is 21.1 Å². The number of ether oxygens (including phenoxy) is 2. The van der Waals surface area contributed by atoms with Crippen molar-refractivity contribution >= 4 is 17.6 Å². The minimum absolute atomic E-state index is 0.0833. The van der Waals surface area contributed by atoms with Crippen molar-refractivity contribution < 1.29 is 14.3 Å². The molecule has 0 amide bonds. The fourth-order valence-corrected chi connectivity index (χ4v) is 1.84. The summed E-state index contributed by atoms with van der Waals surface area (Å²) in [5.74, 6) is 0.307. The van der Waals surface area contributed by atoms with Gasteiger partial charge in [-0.25, -0.2) is 4.79 Å². The van der Waals surface area contributed by atoms with Crippen molar-refractivity contribution in [2.24, 2.45) is 0 Å². The summed E-state index contributed by atoms with van der Waals surface area (Å²) >= 11 is 6.00. The van der Waals surface area contributed by atoms with E-state index in [1.165, 1.54) is 0 Å². The molecule has 118 valence electrons. The van der Waals surface area contributed by atoms with Crippen LogP contribution < -0.4 is 10.1 Å². The Bertz CT molecular complexity index is 449. The molecule has 5 heteroatoms. The molecule has 0 aromatic heterocycles. The van der Waals surface area contributed by atoms with Gasteiger partial charge in [0.05, 0.1) is 6.61 Å². The van der Waals surface area contributed by atoms with E-state index >= 15 is 0 Å². The molecule has 0 atom stereocenters. The molecule has 0 bridgehead atoms. The third-order valence-electron chi connectivity index (χ3n) is 2.83. The Hall–Kier alpha value is -1.26. The van der Waals surface area contributed by atoms with Gasteiger partial charge in [-0.3, -0.25) is 0 Å². The quantitative estimate of drug-likeness (QED) is 0.559. The second-order valence-corrected chi connectivity index (χ2v) is 5.59. The van der Waals surface area contributed by atoms with E-state index in [1.807, 2.05) is 13.0 Å². The molecule has 1 rings (SSSR count). The average molecular weight is 314 g/mol. The van der Waals surface area contributed by atoms with Crippen LogP contribution in [0.3, 0.4) is 0 Å². The van der Waals surface area contributed by atoms with Crippen LogP contribution in [0.15, 0.2) is 18.2 Å². The molecule has 0 aliphatic heterocycles. The molecule has 0 aliphatic rings. The van der Waals surface area contributed by atoms with Crippen LogP contribution in [0, 0.1) is 0 Å². The molecule has 0 radical (unpaired) electrons. The largest absolute Gasteiger partial charge is 0.482 e. The Balaban J connectivity index is 2.55. The summed E-state index contributed by atoms with van der Waals surface area (Å²) in [4.78, 5) is 11.5. The predicted molar refractivity (Wildman–Crippen MR) is 84.8 cm³/mol. The van der Waals surface area contributed by atoms with E-state index in [0.29, 0.717) is 30.0 Å². The maximum absolute atomic E-state index is 11.5. The Morgan fingerprint density at radius 3 is 2.81 bits per heavy atom.